The van der Waals surface area contributed by atoms with Crippen molar-refractivity contribution in [2.24, 2.45) is 0 Å². The Morgan fingerprint density at radius 3 is 2.79 bits per heavy atom. The van der Waals surface area contributed by atoms with Crippen LogP contribution in [0.2, 0.25) is 10.0 Å². The number of imidazole rings is 1. The zero-order valence-electron chi connectivity index (χ0n) is 11.0. The van der Waals surface area contributed by atoms with Crippen molar-refractivity contribution in [2.75, 3.05) is 0 Å². The molecule has 1 atom stereocenters. The number of hydrogen-bond donors (Lipinski definition) is 0. The third kappa shape index (κ3) is 3.99. The van der Waals surface area contributed by atoms with E-state index >= 15 is 0 Å². The maximum Gasteiger partial charge on any atom is 0.0948 e. The number of halogens is 2. The predicted molar refractivity (Wildman–Crippen MR) is 81.0 cm³/mol. The molecule has 0 spiro atoms. The summed E-state index contributed by atoms with van der Waals surface area (Å²) in [6.07, 6.45) is 10.2. The second kappa shape index (κ2) is 6.97. The van der Waals surface area contributed by atoms with Crippen molar-refractivity contribution in [3.05, 3.63) is 52.5 Å². The van der Waals surface area contributed by atoms with Crippen molar-refractivity contribution in [3.63, 3.8) is 0 Å². The first-order valence-electron chi connectivity index (χ1n) is 6.62. The fourth-order valence-corrected chi connectivity index (χ4v) is 2.71. The average molecular weight is 297 g/mol. The Bertz CT molecular complexity index is 509. The fourth-order valence-electron chi connectivity index (χ4n) is 2.22. The molecule has 1 aromatic heterocycles. The van der Waals surface area contributed by atoms with E-state index in [0.29, 0.717) is 11.1 Å². The molecule has 2 aromatic rings. The van der Waals surface area contributed by atoms with Gasteiger partial charge in [-0.15, -0.1) is 0 Å². The molecule has 1 aromatic carbocycles. The molecule has 102 valence electrons. The Labute approximate surface area is 124 Å². The van der Waals surface area contributed by atoms with E-state index in [-0.39, 0.29) is 0 Å². The van der Waals surface area contributed by atoms with Crippen LogP contribution in [0.15, 0.2) is 36.9 Å². The number of hydrogen-bond acceptors (Lipinski definition) is 1. The van der Waals surface area contributed by atoms with Gasteiger partial charge in [0.15, 0.2) is 0 Å². The Hall–Kier alpha value is -0.990. The molecule has 4 heteroatoms. The van der Waals surface area contributed by atoms with Crippen molar-refractivity contribution in [2.45, 2.75) is 38.6 Å². The molecule has 2 rings (SSSR count). The van der Waals surface area contributed by atoms with Crippen LogP contribution in [0.25, 0.3) is 0 Å². The summed E-state index contributed by atoms with van der Waals surface area (Å²) in [4.78, 5) is 4.14. The summed E-state index contributed by atoms with van der Waals surface area (Å²) in [6.45, 7) is 2.21. The lowest BCUT2D eigenvalue weighted by molar-refractivity contribution is 0.446. The van der Waals surface area contributed by atoms with E-state index in [4.69, 9.17) is 23.2 Å². The highest BCUT2D eigenvalue weighted by Crippen LogP contribution is 2.27. The van der Waals surface area contributed by atoms with Crippen LogP contribution in [0.3, 0.4) is 0 Å². The highest BCUT2D eigenvalue weighted by Gasteiger charge is 2.13. The fraction of sp³-hybridized carbons (Fsp3) is 0.400. The number of nitrogens with zero attached hydrogens (tertiary/aromatic N) is 2. The zero-order chi connectivity index (χ0) is 13.7. The maximum atomic E-state index is 6.26. The van der Waals surface area contributed by atoms with E-state index in [1.165, 1.54) is 12.8 Å². The van der Waals surface area contributed by atoms with Gasteiger partial charge in [0.25, 0.3) is 0 Å². The van der Waals surface area contributed by atoms with Crippen molar-refractivity contribution >= 4 is 23.2 Å². The van der Waals surface area contributed by atoms with Gasteiger partial charge in [0.05, 0.1) is 6.33 Å². The van der Waals surface area contributed by atoms with Crippen molar-refractivity contribution in [1.82, 2.24) is 9.55 Å². The van der Waals surface area contributed by atoms with Crippen LogP contribution in [-0.2, 0) is 6.42 Å². The van der Waals surface area contributed by atoms with Crippen LogP contribution < -0.4 is 0 Å². The van der Waals surface area contributed by atoms with Crippen LogP contribution in [0.5, 0.6) is 0 Å². The lowest BCUT2D eigenvalue weighted by Gasteiger charge is -2.19. The molecule has 0 aliphatic rings. The predicted octanol–water partition coefficient (Wildman–Crippen LogP) is 5.16. The van der Waals surface area contributed by atoms with E-state index in [1.54, 1.807) is 0 Å². The molecular formula is C15H18Cl2N2. The van der Waals surface area contributed by atoms with Gasteiger partial charge in [-0.1, -0.05) is 49.0 Å². The Morgan fingerprint density at radius 1 is 1.32 bits per heavy atom. The van der Waals surface area contributed by atoms with Crippen LogP contribution in [0.1, 0.15) is 37.8 Å². The van der Waals surface area contributed by atoms with Gasteiger partial charge in [0.1, 0.15) is 0 Å². The number of aromatic nitrogens is 2. The van der Waals surface area contributed by atoms with Gasteiger partial charge in [-0.05, 0) is 30.5 Å². The number of benzene rings is 1. The van der Waals surface area contributed by atoms with Gasteiger partial charge in [-0.25, -0.2) is 4.98 Å². The summed E-state index contributed by atoms with van der Waals surface area (Å²) in [5.74, 6) is 0. The Kier molecular flexibility index (Phi) is 5.29. The van der Waals surface area contributed by atoms with Gasteiger partial charge in [-0.2, -0.15) is 0 Å². The van der Waals surface area contributed by atoms with Crippen molar-refractivity contribution in [1.29, 1.82) is 0 Å². The molecule has 0 aliphatic carbocycles. The number of rotatable bonds is 6. The molecular weight excluding hydrogens is 279 g/mol. The molecule has 0 radical (unpaired) electrons. The smallest absolute Gasteiger partial charge is 0.0948 e. The quantitative estimate of drug-likeness (QED) is 0.719. The average Bonchev–Trinajstić information content (AvgIpc) is 2.90. The molecule has 1 unspecified atom stereocenters. The summed E-state index contributed by atoms with van der Waals surface area (Å²) < 4.78 is 2.17. The first-order valence-corrected chi connectivity index (χ1v) is 7.37. The van der Waals surface area contributed by atoms with E-state index in [2.05, 4.69) is 16.5 Å². The lowest BCUT2D eigenvalue weighted by atomic mass is 10.0. The molecule has 0 fully saturated rings. The molecule has 1 heterocycles. The normalized spacial score (nSPS) is 12.6. The first kappa shape index (κ1) is 14.4. The highest BCUT2D eigenvalue weighted by atomic mass is 35.5. The summed E-state index contributed by atoms with van der Waals surface area (Å²) in [6, 6.07) is 6.12. The van der Waals surface area contributed by atoms with E-state index in [1.807, 2.05) is 36.9 Å². The second-order valence-corrected chi connectivity index (χ2v) is 5.59. The SMILES string of the molecule is CCCCC(Cc1ccc(Cl)cc1Cl)n1ccnc1. The topological polar surface area (TPSA) is 17.8 Å². The third-order valence-corrected chi connectivity index (χ3v) is 3.90. The van der Waals surface area contributed by atoms with Gasteiger partial charge < -0.3 is 4.57 Å². The van der Waals surface area contributed by atoms with Crippen LogP contribution >= 0.6 is 23.2 Å². The van der Waals surface area contributed by atoms with Gasteiger partial charge >= 0.3 is 0 Å². The second-order valence-electron chi connectivity index (χ2n) is 4.75. The van der Waals surface area contributed by atoms with Crippen LogP contribution in [0, 0.1) is 0 Å². The van der Waals surface area contributed by atoms with Crippen molar-refractivity contribution in [3.8, 4) is 0 Å². The van der Waals surface area contributed by atoms with Crippen LogP contribution in [-0.4, -0.2) is 9.55 Å². The molecule has 2 nitrogen and oxygen atoms in total. The molecule has 0 saturated carbocycles. The molecule has 0 amide bonds. The van der Waals surface area contributed by atoms with E-state index in [0.717, 1.165) is 23.4 Å². The molecule has 0 aliphatic heterocycles. The largest absolute Gasteiger partial charge is 0.334 e. The standard InChI is InChI=1S/C15H18Cl2N2/c1-2-3-4-14(19-8-7-18-11-19)9-12-5-6-13(16)10-15(12)17/h5-8,10-11,14H,2-4,9H2,1H3. The van der Waals surface area contributed by atoms with Gasteiger partial charge in [-0.3, -0.25) is 0 Å². The lowest BCUT2D eigenvalue weighted by Crippen LogP contribution is -2.10. The summed E-state index contributed by atoms with van der Waals surface area (Å²) in [5.41, 5.74) is 1.14. The maximum absolute atomic E-state index is 6.26. The minimum Gasteiger partial charge on any atom is -0.334 e. The Balaban J connectivity index is 2.15. The highest BCUT2D eigenvalue weighted by molar-refractivity contribution is 6.35. The third-order valence-electron chi connectivity index (χ3n) is 3.31. The Morgan fingerprint density at radius 2 is 2.16 bits per heavy atom. The van der Waals surface area contributed by atoms with E-state index in [9.17, 15) is 0 Å². The van der Waals surface area contributed by atoms with Gasteiger partial charge in [0, 0.05) is 28.5 Å². The summed E-state index contributed by atoms with van der Waals surface area (Å²) in [5, 5.41) is 1.43. The first-order chi connectivity index (χ1) is 9.20. The summed E-state index contributed by atoms with van der Waals surface area (Å²) >= 11 is 12.2. The molecule has 0 bridgehead atoms. The van der Waals surface area contributed by atoms with Crippen LogP contribution in [0.4, 0.5) is 0 Å². The van der Waals surface area contributed by atoms with Gasteiger partial charge in [0.2, 0.25) is 0 Å². The minimum atomic E-state index is 0.404. The number of unbranched alkanes of at least 4 members (excludes halogenated alkanes) is 1. The molecule has 0 saturated heterocycles. The molecule has 0 N–H and O–H groups in total. The minimum absolute atomic E-state index is 0.404. The zero-order valence-corrected chi connectivity index (χ0v) is 12.5. The summed E-state index contributed by atoms with van der Waals surface area (Å²) in [7, 11) is 0. The monoisotopic (exact) mass is 296 g/mol. The van der Waals surface area contributed by atoms with E-state index < -0.39 is 0 Å². The molecule has 19 heavy (non-hydrogen) atoms. The van der Waals surface area contributed by atoms with Crippen molar-refractivity contribution < 1.29 is 0 Å².